The maximum atomic E-state index is 5.29. The van der Waals surface area contributed by atoms with E-state index < -0.39 is 0 Å². The minimum absolute atomic E-state index is 0.845. The molecule has 0 unspecified atom stereocenters. The molecule has 0 radical (unpaired) electrons. The van der Waals surface area contributed by atoms with Gasteiger partial charge in [0.2, 0.25) is 0 Å². The highest BCUT2D eigenvalue weighted by atomic mass is 16.4. The quantitative estimate of drug-likeness (QED) is 0.640. The van der Waals surface area contributed by atoms with Crippen molar-refractivity contribution in [3.8, 4) is 0 Å². The molecule has 0 aliphatic rings. The molecule has 0 spiro atoms. The maximum absolute atomic E-state index is 5.29. The summed E-state index contributed by atoms with van der Waals surface area (Å²) in [6.45, 7) is 3.77. The molecule has 62 valence electrons. The SMILES string of the molecule is CNCCNc1ccc(C)o1. The van der Waals surface area contributed by atoms with Crippen LogP contribution in [0.2, 0.25) is 0 Å². The van der Waals surface area contributed by atoms with Gasteiger partial charge in [-0.2, -0.15) is 0 Å². The zero-order valence-electron chi connectivity index (χ0n) is 6.98. The van der Waals surface area contributed by atoms with Gasteiger partial charge in [0, 0.05) is 19.2 Å². The second kappa shape index (κ2) is 4.03. The topological polar surface area (TPSA) is 37.2 Å². The zero-order chi connectivity index (χ0) is 8.10. The molecule has 11 heavy (non-hydrogen) atoms. The zero-order valence-corrected chi connectivity index (χ0v) is 6.98. The predicted octanol–water partition coefficient (Wildman–Crippen LogP) is 1.22. The van der Waals surface area contributed by atoms with Gasteiger partial charge >= 0.3 is 0 Å². The van der Waals surface area contributed by atoms with Crippen LogP contribution in [-0.4, -0.2) is 20.1 Å². The van der Waals surface area contributed by atoms with E-state index in [4.69, 9.17) is 4.42 Å². The fraction of sp³-hybridized carbons (Fsp3) is 0.500. The lowest BCUT2D eigenvalue weighted by molar-refractivity contribution is 0.545. The van der Waals surface area contributed by atoms with Gasteiger partial charge in [-0.25, -0.2) is 0 Å². The van der Waals surface area contributed by atoms with Crippen molar-refractivity contribution in [2.45, 2.75) is 6.92 Å². The third-order valence-corrected chi connectivity index (χ3v) is 1.41. The highest BCUT2D eigenvalue weighted by Gasteiger charge is 1.94. The molecule has 0 aromatic carbocycles. The van der Waals surface area contributed by atoms with Gasteiger partial charge in [0.05, 0.1) is 0 Å². The van der Waals surface area contributed by atoms with Crippen LogP contribution in [-0.2, 0) is 0 Å². The summed E-state index contributed by atoms with van der Waals surface area (Å²) in [6.07, 6.45) is 0. The molecule has 0 bridgehead atoms. The highest BCUT2D eigenvalue weighted by molar-refractivity contribution is 5.31. The van der Waals surface area contributed by atoms with E-state index in [1.807, 2.05) is 26.1 Å². The van der Waals surface area contributed by atoms with Gasteiger partial charge in [-0.3, -0.25) is 0 Å². The fourth-order valence-corrected chi connectivity index (χ4v) is 0.840. The average Bonchev–Trinajstić information content (AvgIpc) is 2.37. The van der Waals surface area contributed by atoms with Gasteiger partial charge in [0.1, 0.15) is 5.76 Å². The second-order valence-corrected chi connectivity index (χ2v) is 2.44. The van der Waals surface area contributed by atoms with Crippen molar-refractivity contribution < 1.29 is 4.42 Å². The first-order chi connectivity index (χ1) is 5.33. The number of furan rings is 1. The summed E-state index contributed by atoms with van der Waals surface area (Å²) in [5.74, 6) is 1.79. The Morgan fingerprint density at radius 1 is 1.36 bits per heavy atom. The molecule has 1 heterocycles. The van der Waals surface area contributed by atoms with Crippen molar-refractivity contribution in [3.63, 3.8) is 0 Å². The molecule has 0 aliphatic carbocycles. The minimum Gasteiger partial charge on any atom is -0.446 e. The van der Waals surface area contributed by atoms with Gasteiger partial charge in [-0.15, -0.1) is 0 Å². The third kappa shape index (κ3) is 2.63. The van der Waals surface area contributed by atoms with E-state index in [2.05, 4.69) is 10.6 Å². The van der Waals surface area contributed by atoms with E-state index >= 15 is 0 Å². The molecular formula is C8H14N2O. The molecule has 1 rings (SSSR count). The van der Waals surface area contributed by atoms with Crippen LogP contribution < -0.4 is 10.6 Å². The number of hydrogen-bond donors (Lipinski definition) is 2. The molecule has 0 amide bonds. The van der Waals surface area contributed by atoms with E-state index in [0.29, 0.717) is 0 Å². The summed E-state index contributed by atoms with van der Waals surface area (Å²) in [5, 5.41) is 6.18. The van der Waals surface area contributed by atoms with Gasteiger partial charge in [-0.1, -0.05) is 0 Å². The number of aryl methyl sites for hydroxylation is 1. The largest absolute Gasteiger partial charge is 0.446 e. The molecule has 1 aromatic heterocycles. The number of rotatable bonds is 4. The molecule has 1 aromatic rings. The van der Waals surface area contributed by atoms with Gasteiger partial charge < -0.3 is 15.1 Å². The molecule has 0 aliphatic heterocycles. The summed E-state index contributed by atoms with van der Waals surface area (Å²) in [4.78, 5) is 0. The van der Waals surface area contributed by atoms with Crippen molar-refractivity contribution in [2.24, 2.45) is 0 Å². The van der Waals surface area contributed by atoms with Crippen molar-refractivity contribution in [2.75, 3.05) is 25.5 Å². The number of likely N-dealkylation sites (N-methyl/N-ethyl adjacent to an activating group) is 1. The number of hydrogen-bond acceptors (Lipinski definition) is 3. The fourth-order valence-electron chi connectivity index (χ4n) is 0.840. The van der Waals surface area contributed by atoms with E-state index in [1.165, 1.54) is 0 Å². The van der Waals surface area contributed by atoms with Gasteiger partial charge in [0.25, 0.3) is 0 Å². The van der Waals surface area contributed by atoms with Crippen LogP contribution in [0.5, 0.6) is 0 Å². The summed E-state index contributed by atoms with van der Waals surface area (Å²) < 4.78 is 5.29. The van der Waals surface area contributed by atoms with E-state index in [0.717, 1.165) is 24.7 Å². The van der Waals surface area contributed by atoms with Crippen molar-refractivity contribution >= 4 is 5.88 Å². The van der Waals surface area contributed by atoms with Crippen LogP contribution in [0.15, 0.2) is 16.5 Å². The Morgan fingerprint density at radius 3 is 2.73 bits per heavy atom. The van der Waals surface area contributed by atoms with E-state index in [1.54, 1.807) is 0 Å². The van der Waals surface area contributed by atoms with Crippen LogP contribution in [0.25, 0.3) is 0 Å². The van der Waals surface area contributed by atoms with Crippen molar-refractivity contribution in [3.05, 3.63) is 17.9 Å². The Labute approximate surface area is 66.8 Å². The number of anilines is 1. The average molecular weight is 154 g/mol. The standard InChI is InChI=1S/C8H14N2O/c1-7-3-4-8(11-7)10-6-5-9-2/h3-4,9-10H,5-6H2,1-2H3. The van der Waals surface area contributed by atoms with E-state index in [-0.39, 0.29) is 0 Å². The van der Waals surface area contributed by atoms with Crippen molar-refractivity contribution in [1.29, 1.82) is 0 Å². The Bertz CT molecular complexity index is 208. The van der Waals surface area contributed by atoms with Crippen molar-refractivity contribution in [1.82, 2.24) is 5.32 Å². The minimum atomic E-state index is 0.845. The van der Waals surface area contributed by atoms with Crippen LogP contribution in [0, 0.1) is 6.92 Å². The maximum Gasteiger partial charge on any atom is 0.193 e. The first-order valence-corrected chi connectivity index (χ1v) is 3.78. The number of nitrogens with one attached hydrogen (secondary N) is 2. The Kier molecular flexibility index (Phi) is 2.98. The summed E-state index contributed by atoms with van der Waals surface area (Å²) in [6, 6.07) is 3.88. The lowest BCUT2D eigenvalue weighted by Gasteiger charge is -2.00. The predicted molar refractivity (Wildman–Crippen MR) is 45.9 cm³/mol. The highest BCUT2D eigenvalue weighted by Crippen LogP contribution is 2.10. The van der Waals surface area contributed by atoms with Crippen LogP contribution in [0.1, 0.15) is 5.76 Å². The van der Waals surface area contributed by atoms with Gasteiger partial charge in [0.15, 0.2) is 5.88 Å². The van der Waals surface area contributed by atoms with Crippen LogP contribution >= 0.6 is 0 Å². The lowest BCUT2D eigenvalue weighted by atomic mass is 10.5. The van der Waals surface area contributed by atoms with Gasteiger partial charge in [-0.05, 0) is 20.0 Å². The molecular weight excluding hydrogens is 140 g/mol. The Hall–Kier alpha value is -0.960. The molecule has 0 atom stereocenters. The Morgan fingerprint density at radius 2 is 2.18 bits per heavy atom. The lowest BCUT2D eigenvalue weighted by Crippen LogP contribution is -2.17. The first kappa shape index (κ1) is 8.14. The molecule has 2 N–H and O–H groups in total. The molecule has 3 nitrogen and oxygen atoms in total. The molecule has 0 fully saturated rings. The smallest absolute Gasteiger partial charge is 0.193 e. The van der Waals surface area contributed by atoms with Crippen LogP contribution in [0.4, 0.5) is 5.88 Å². The summed E-state index contributed by atoms with van der Waals surface area (Å²) in [7, 11) is 1.93. The summed E-state index contributed by atoms with van der Waals surface area (Å²) in [5.41, 5.74) is 0. The molecule has 0 saturated carbocycles. The second-order valence-electron chi connectivity index (χ2n) is 2.44. The normalized spacial score (nSPS) is 10.0. The van der Waals surface area contributed by atoms with E-state index in [9.17, 15) is 0 Å². The third-order valence-electron chi connectivity index (χ3n) is 1.41. The summed E-state index contributed by atoms with van der Waals surface area (Å²) >= 11 is 0. The molecule has 3 heteroatoms. The Balaban J connectivity index is 2.27. The van der Waals surface area contributed by atoms with Crippen LogP contribution in [0.3, 0.4) is 0 Å². The first-order valence-electron chi connectivity index (χ1n) is 3.78. The monoisotopic (exact) mass is 154 g/mol. The molecule has 0 saturated heterocycles.